The Hall–Kier alpha value is -2.97. The van der Waals surface area contributed by atoms with Crippen LogP contribution in [-0.4, -0.2) is 68.9 Å². The summed E-state index contributed by atoms with van der Waals surface area (Å²) in [5, 5.41) is 12.4. The first kappa shape index (κ1) is 29.5. The fraction of sp³-hybridized carbons (Fsp3) is 0.455. The van der Waals surface area contributed by atoms with Crippen molar-refractivity contribution in [3.63, 3.8) is 0 Å². The summed E-state index contributed by atoms with van der Waals surface area (Å²) in [7, 11) is 0. The molecule has 1 saturated heterocycles. The Labute approximate surface area is 248 Å². The minimum atomic E-state index is -0.783. The van der Waals surface area contributed by atoms with Gasteiger partial charge in [-0.05, 0) is 85.8 Å². The minimum absolute atomic E-state index is 0.292. The lowest BCUT2D eigenvalue weighted by molar-refractivity contribution is 0.0358. The van der Waals surface area contributed by atoms with Crippen molar-refractivity contribution in [2.45, 2.75) is 45.9 Å². The highest BCUT2D eigenvalue weighted by molar-refractivity contribution is 6.30. The van der Waals surface area contributed by atoms with Gasteiger partial charge in [-0.25, -0.2) is 0 Å². The van der Waals surface area contributed by atoms with Crippen LogP contribution in [0.3, 0.4) is 0 Å². The van der Waals surface area contributed by atoms with Gasteiger partial charge >= 0.3 is 0 Å². The van der Waals surface area contributed by atoms with Crippen molar-refractivity contribution in [2.24, 2.45) is 0 Å². The van der Waals surface area contributed by atoms with Gasteiger partial charge in [0, 0.05) is 31.1 Å². The Balaban J connectivity index is 1.51. The summed E-state index contributed by atoms with van der Waals surface area (Å²) in [6, 6.07) is 17.8. The second-order valence-corrected chi connectivity index (χ2v) is 11.0. The quantitative estimate of drug-likeness (QED) is 0.278. The molecular formula is C33H41ClN2O5. The molecule has 41 heavy (non-hydrogen) atoms. The van der Waals surface area contributed by atoms with Crippen LogP contribution >= 0.6 is 11.6 Å². The van der Waals surface area contributed by atoms with Crippen LogP contribution < -0.4 is 19.1 Å². The number of halogens is 1. The summed E-state index contributed by atoms with van der Waals surface area (Å²) in [5.74, 6) is 2.17. The lowest BCUT2D eigenvalue weighted by atomic mass is 9.86. The second-order valence-electron chi connectivity index (χ2n) is 10.5. The van der Waals surface area contributed by atoms with Gasteiger partial charge in [0.25, 0.3) is 0 Å². The predicted molar refractivity (Wildman–Crippen MR) is 163 cm³/mol. The van der Waals surface area contributed by atoms with E-state index in [1.807, 2.05) is 44.2 Å². The Kier molecular flexibility index (Phi) is 9.93. The number of nitrogens with zero attached hydrogens (tertiary/aromatic N) is 2. The highest BCUT2D eigenvalue weighted by Gasteiger charge is 2.37. The molecule has 2 aliphatic rings. The van der Waals surface area contributed by atoms with Crippen LogP contribution in [0.25, 0.3) is 0 Å². The monoisotopic (exact) mass is 580 g/mol. The zero-order chi connectivity index (χ0) is 28.8. The summed E-state index contributed by atoms with van der Waals surface area (Å²) >= 11 is 6.29. The van der Waals surface area contributed by atoms with Crippen LogP contribution in [0.2, 0.25) is 5.02 Å². The van der Waals surface area contributed by atoms with Crippen molar-refractivity contribution in [1.82, 2.24) is 4.90 Å². The number of aryl methyl sites for hydroxylation is 1. The number of anilines is 1. The molecule has 0 spiro atoms. The third-order valence-electron chi connectivity index (χ3n) is 7.66. The topological polar surface area (TPSA) is 63.6 Å². The number of hydrogen-bond donors (Lipinski definition) is 1. The highest BCUT2D eigenvalue weighted by Crippen LogP contribution is 2.47. The van der Waals surface area contributed by atoms with E-state index < -0.39 is 6.23 Å². The van der Waals surface area contributed by atoms with E-state index in [4.69, 9.17) is 30.5 Å². The molecule has 1 N–H and O–H groups in total. The van der Waals surface area contributed by atoms with Crippen LogP contribution in [0, 0.1) is 6.92 Å². The first-order valence-electron chi connectivity index (χ1n) is 14.7. The van der Waals surface area contributed by atoms with Crippen molar-refractivity contribution in [1.29, 1.82) is 0 Å². The molecule has 8 heteroatoms. The van der Waals surface area contributed by atoms with E-state index in [1.54, 1.807) is 0 Å². The smallest absolute Gasteiger partial charge is 0.161 e. The summed E-state index contributed by atoms with van der Waals surface area (Å²) in [6.45, 7) is 12.1. The molecule has 2 unspecified atom stereocenters. The maximum atomic E-state index is 11.7. The van der Waals surface area contributed by atoms with Gasteiger partial charge in [0.2, 0.25) is 0 Å². The maximum Gasteiger partial charge on any atom is 0.161 e. The molecule has 0 amide bonds. The number of aliphatic hydroxyl groups excluding tert-OH is 1. The molecule has 0 bridgehead atoms. The van der Waals surface area contributed by atoms with Gasteiger partial charge in [-0.2, -0.15) is 0 Å². The Morgan fingerprint density at radius 2 is 1.61 bits per heavy atom. The van der Waals surface area contributed by atoms with E-state index in [0.29, 0.717) is 42.8 Å². The van der Waals surface area contributed by atoms with Crippen LogP contribution in [0.4, 0.5) is 5.69 Å². The van der Waals surface area contributed by atoms with Gasteiger partial charge in [-0.3, -0.25) is 4.90 Å². The molecule has 3 aromatic rings. The number of fused-ring (bicyclic) bond motifs is 1. The molecule has 2 heterocycles. The van der Waals surface area contributed by atoms with Gasteiger partial charge in [-0.15, -0.1) is 0 Å². The number of ether oxygens (including phenoxy) is 4. The fourth-order valence-corrected chi connectivity index (χ4v) is 5.86. The van der Waals surface area contributed by atoms with E-state index >= 15 is 0 Å². The van der Waals surface area contributed by atoms with Gasteiger partial charge < -0.3 is 29.0 Å². The van der Waals surface area contributed by atoms with Crippen LogP contribution in [-0.2, 0) is 11.2 Å². The molecule has 2 aliphatic heterocycles. The summed E-state index contributed by atoms with van der Waals surface area (Å²) in [6.07, 6.45) is 0.571. The average Bonchev–Trinajstić information content (AvgIpc) is 2.97. The van der Waals surface area contributed by atoms with Crippen LogP contribution in [0.1, 0.15) is 48.6 Å². The molecule has 7 nitrogen and oxygen atoms in total. The van der Waals surface area contributed by atoms with Crippen LogP contribution in [0.5, 0.6) is 17.2 Å². The van der Waals surface area contributed by atoms with E-state index in [-0.39, 0.29) is 6.04 Å². The molecular weight excluding hydrogens is 540 g/mol. The van der Waals surface area contributed by atoms with Crippen molar-refractivity contribution in [3.8, 4) is 17.2 Å². The molecule has 2 atom stereocenters. The highest BCUT2D eigenvalue weighted by atomic mass is 35.5. The SMILES string of the molecule is CCOc1cc2c(cc1OCC)C(c1ccc(Cl)cc1)N(c1ccc(C)cc1OCCCN1CCOCC1)C(O)C2. The number of aliphatic hydroxyl groups is 1. The second kappa shape index (κ2) is 13.8. The molecule has 0 aliphatic carbocycles. The Morgan fingerprint density at radius 1 is 0.902 bits per heavy atom. The molecule has 1 fully saturated rings. The molecule has 0 saturated carbocycles. The standard InChI is InChI=1S/C33H41ClN2O5/c1-4-39-30-20-25-21-32(37)36(33(24-8-10-26(34)11-9-24)27(25)22-31(30)40-5-2)28-12-7-23(3)19-29(28)41-16-6-13-35-14-17-38-18-15-35/h7-12,19-20,22,32-33,37H,4-6,13-18,21H2,1-3H3. The average molecular weight is 581 g/mol. The van der Waals surface area contributed by atoms with Crippen molar-refractivity contribution < 1.29 is 24.1 Å². The van der Waals surface area contributed by atoms with E-state index in [1.165, 1.54) is 0 Å². The first-order valence-corrected chi connectivity index (χ1v) is 15.0. The molecule has 220 valence electrons. The van der Waals surface area contributed by atoms with E-state index in [0.717, 1.165) is 73.0 Å². The van der Waals surface area contributed by atoms with Crippen molar-refractivity contribution >= 4 is 17.3 Å². The maximum absolute atomic E-state index is 11.7. The van der Waals surface area contributed by atoms with Gasteiger partial charge in [0.15, 0.2) is 11.5 Å². The summed E-state index contributed by atoms with van der Waals surface area (Å²) in [5.41, 5.74) is 5.06. The van der Waals surface area contributed by atoms with Crippen LogP contribution in [0.15, 0.2) is 54.6 Å². The zero-order valence-electron chi connectivity index (χ0n) is 24.3. The molecule has 0 aromatic heterocycles. The minimum Gasteiger partial charge on any atom is -0.491 e. The fourth-order valence-electron chi connectivity index (χ4n) is 5.73. The number of hydrogen-bond acceptors (Lipinski definition) is 7. The summed E-state index contributed by atoms with van der Waals surface area (Å²) < 4.78 is 23.9. The number of morpholine rings is 1. The third kappa shape index (κ3) is 6.92. The number of benzene rings is 3. The third-order valence-corrected chi connectivity index (χ3v) is 7.91. The molecule has 0 radical (unpaired) electrons. The van der Waals surface area contributed by atoms with Crippen molar-refractivity contribution in [2.75, 3.05) is 57.6 Å². The normalized spacial score (nSPS) is 19.1. The van der Waals surface area contributed by atoms with Gasteiger partial charge in [-0.1, -0.05) is 29.8 Å². The lowest BCUT2D eigenvalue weighted by Crippen LogP contribution is -2.44. The molecule has 5 rings (SSSR count). The Bertz CT molecular complexity index is 1300. The van der Waals surface area contributed by atoms with Gasteiger partial charge in [0.05, 0.1) is 44.8 Å². The predicted octanol–water partition coefficient (Wildman–Crippen LogP) is 6.02. The molecule has 3 aromatic carbocycles. The largest absolute Gasteiger partial charge is 0.491 e. The van der Waals surface area contributed by atoms with Gasteiger partial charge in [0.1, 0.15) is 12.0 Å². The Morgan fingerprint density at radius 3 is 2.32 bits per heavy atom. The number of rotatable bonds is 11. The zero-order valence-corrected chi connectivity index (χ0v) is 25.0. The van der Waals surface area contributed by atoms with Crippen molar-refractivity contribution in [3.05, 3.63) is 81.9 Å². The lowest BCUT2D eigenvalue weighted by Gasteiger charge is -2.43. The first-order chi connectivity index (χ1) is 20.0. The van der Waals surface area contributed by atoms with E-state index in [2.05, 4.69) is 41.0 Å². The van der Waals surface area contributed by atoms with E-state index in [9.17, 15) is 5.11 Å². The summed E-state index contributed by atoms with van der Waals surface area (Å²) in [4.78, 5) is 4.48.